The second kappa shape index (κ2) is 5.07. The maximum Gasteiger partial charge on any atom is 0.258 e. The van der Waals surface area contributed by atoms with Gasteiger partial charge in [0.2, 0.25) is 0 Å². The molecule has 0 unspecified atom stereocenters. The summed E-state index contributed by atoms with van der Waals surface area (Å²) in [6.07, 6.45) is 0. The van der Waals surface area contributed by atoms with Gasteiger partial charge in [-0.2, -0.15) is 0 Å². The van der Waals surface area contributed by atoms with Gasteiger partial charge in [0, 0.05) is 5.69 Å². The smallest absolute Gasteiger partial charge is 0.258 e. The van der Waals surface area contributed by atoms with Crippen molar-refractivity contribution in [2.75, 3.05) is 11.1 Å². The molecule has 0 aliphatic carbocycles. The summed E-state index contributed by atoms with van der Waals surface area (Å²) in [6, 6.07) is 4.97. The Bertz CT molecular complexity index is 654. The molecule has 0 spiro atoms. The molecule has 7 heteroatoms. The van der Waals surface area contributed by atoms with Crippen LogP contribution in [0.4, 0.5) is 15.1 Å². The predicted molar refractivity (Wildman–Crippen MR) is 71.6 cm³/mol. The van der Waals surface area contributed by atoms with Gasteiger partial charge in [0.1, 0.15) is 10.8 Å². The van der Waals surface area contributed by atoms with Crippen LogP contribution in [-0.2, 0) is 0 Å². The molecule has 2 rings (SSSR count). The molecule has 98 valence electrons. The molecule has 0 aliphatic rings. The molecular formula is C12H10FN3O2S. The Morgan fingerprint density at radius 1 is 1.21 bits per heavy atom. The van der Waals surface area contributed by atoms with Crippen LogP contribution in [0, 0.1) is 5.82 Å². The Morgan fingerprint density at radius 2 is 1.95 bits per heavy atom. The molecule has 0 fully saturated rings. The van der Waals surface area contributed by atoms with E-state index in [-0.39, 0.29) is 16.8 Å². The lowest BCUT2D eigenvalue weighted by Crippen LogP contribution is -2.17. The number of benzene rings is 1. The van der Waals surface area contributed by atoms with Crippen LogP contribution in [0.15, 0.2) is 29.6 Å². The average Bonchev–Trinajstić information content (AvgIpc) is 2.76. The van der Waals surface area contributed by atoms with Crippen molar-refractivity contribution in [1.29, 1.82) is 0 Å². The van der Waals surface area contributed by atoms with Crippen LogP contribution in [0.2, 0.25) is 0 Å². The van der Waals surface area contributed by atoms with E-state index in [1.165, 1.54) is 12.1 Å². The number of carbonyl (C=O) groups is 2. The maximum absolute atomic E-state index is 12.9. The molecule has 0 atom stereocenters. The van der Waals surface area contributed by atoms with Gasteiger partial charge in [-0.15, -0.1) is 11.3 Å². The maximum atomic E-state index is 12.9. The number of nitrogens with two attached hydrogens (primary N) is 2. The first kappa shape index (κ1) is 13.0. The van der Waals surface area contributed by atoms with Crippen LogP contribution >= 0.6 is 11.3 Å². The summed E-state index contributed by atoms with van der Waals surface area (Å²) in [5.41, 5.74) is 11.1. The average molecular weight is 279 g/mol. The zero-order chi connectivity index (χ0) is 14.0. The molecular weight excluding hydrogens is 269 g/mol. The molecule has 1 heterocycles. The number of anilines is 2. The molecule has 2 amide bonds. The molecule has 0 radical (unpaired) electrons. The lowest BCUT2D eigenvalue weighted by molar-refractivity contribution is 0.100. The number of nitrogens with one attached hydrogen (secondary N) is 1. The minimum atomic E-state index is -0.636. The van der Waals surface area contributed by atoms with Gasteiger partial charge < -0.3 is 16.8 Å². The number of hydrogen-bond acceptors (Lipinski definition) is 4. The van der Waals surface area contributed by atoms with Crippen molar-refractivity contribution < 1.29 is 14.0 Å². The Balaban J connectivity index is 2.26. The topological polar surface area (TPSA) is 98.2 Å². The number of thiophene rings is 1. The summed E-state index contributed by atoms with van der Waals surface area (Å²) in [4.78, 5) is 23.1. The first-order chi connectivity index (χ1) is 8.99. The highest BCUT2D eigenvalue weighted by Crippen LogP contribution is 2.24. The first-order valence-electron chi connectivity index (χ1n) is 5.22. The molecule has 0 saturated heterocycles. The standard InChI is InChI=1S/C12H10FN3O2S/c13-6-1-2-7(9(14)5-6)11(18)16-12-8(10(15)17)3-4-19-12/h1-5H,14H2,(H2,15,17)(H,16,18). The summed E-state index contributed by atoms with van der Waals surface area (Å²) < 4.78 is 12.9. The SMILES string of the molecule is NC(=O)c1ccsc1NC(=O)c1ccc(F)cc1N. The van der Waals surface area contributed by atoms with Gasteiger partial charge in [-0.1, -0.05) is 0 Å². The van der Waals surface area contributed by atoms with Crippen molar-refractivity contribution in [2.45, 2.75) is 0 Å². The number of rotatable bonds is 3. The van der Waals surface area contributed by atoms with Crippen LogP contribution in [0.1, 0.15) is 20.7 Å². The third kappa shape index (κ3) is 2.71. The van der Waals surface area contributed by atoms with E-state index in [0.29, 0.717) is 5.00 Å². The fourth-order valence-corrected chi connectivity index (χ4v) is 2.30. The van der Waals surface area contributed by atoms with E-state index in [0.717, 1.165) is 23.5 Å². The monoisotopic (exact) mass is 279 g/mol. The van der Waals surface area contributed by atoms with Gasteiger partial charge in [0.25, 0.3) is 11.8 Å². The van der Waals surface area contributed by atoms with Gasteiger partial charge in [-0.3, -0.25) is 9.59 Å². The van der Waals surface area contributed by atoms with Crippen LogP contribution in [-0.4, -0.2) is 11.8 Å². The van der Waals surface area contributed by atoms with Gasteiger partial charge in [0.05, 0.1) is 11.1 Å². The quantitative estimate of drug-likeness (QED) is 0.747. The van der Waals surface area contributed by atoms with Crippen LogP contribution < -0.4 is 16.8 Å². The normalized spacial score (nSPS) is 10.2. The third-order valence-electron chi connectivity index (χ3n) is 2.42. The van der Waals surface area contributed by atoms with E-state index in [9.17, 15) is 14.0 Å². The molecule has 1 aromatic heterocycles. The van der Waals surface area contributed by atoms with E-state index in [1.807, 2.05) is 0 Å². The van der Waals surface area contributed by atoms with Crippen LogP contribution in [0.25, 0.3) is 0 Å². The minimum Gasteiger partial charge on any atom is -0.398 e. The molecule has 0 aliphatic heterocycles. The molecule has 1 aromatic carbocycles. The molecule has 0 saturated carbocycles. The van der Waals surface area contributed by atoms with Crippen LogP contribution in [0.5, 0.6) is 0 Å². The summed E-state index contributed by atoms with van der Waals surface area (Å²) in [5, 5.41) is 4.49. The van der Waals surface area contributed by atoms with Crippen molar-refractivity contribution in [3.8, 4) is 0 Å². The minimum absolute atomic E-state index is 0.0229. The largest absolute Gasteiger partial charge is 0.398 e. The van der Waals surface area contributed by atoms with E-state index in [4.69, 9.17) is 11.5 Å². The summed E-state index contributed by atoms with van der Waals surface area (Å²) >= 11 is 1.16. The lowest BCUT2D eigenvalue weighted by atomic mass is 10.1. The Morgan fingerprint density at radius 3 is 2.58 bits per heavy atom. The van der Waals surface area contributed by atoms with Crippen molar-refractivity contribution in [3.05, 3.63) is 46.6 Å². The number of nitrogen functional groups attached to an aromatic ring is 1. The van der Waals surface area contributed by atoms with Crippen LogP contribution in [0.3, 0.4) is 0 Å². The van der Waals surface area contributed by atoms with E-state index >= 15 is 0 Å². The second-order valence-corrected chi connectivity index (χ2v) is 4.63. The molecule has 0 bridgehead atoms. The van der Waals surface area contributed by atoms with Crippen molar-refractivity contribution in [1.82, 2.24) is 0 Å². The molecule has 5 nitrogen and oxygen atoms in total. The fraction of sp³-hybridized carbons (Fsp3) is 0. The highest BCUT2D eigenvalue weighted by molar-refractivity contribution is 7.14. The first-order valence-corrected chi connectivity index (χ1v) is 6.10. The number of halogens is 1. The highest BCUT2D eigenvalue weighted by atomic mass is 32.1. The number of amides is 2. The second-order valence-electron chi connectivity index (χ2n) is 3.71. The van der Waals surface area contributed by atoms with Crippen molar-refractivity contribution in [3.63, 3.8) is 0 Å². The lowest BCUT2D eigenvalue weighted by Gasteiger charge is -2.07. The molecule has 5 N–H and O–H groups in total. The van der Waals surface area contributed by atoms with Crippen molar-refractivity contribution >= 4 is 33.8 Å². The van der Waals surface area contributed by atoms with Gasteiger partial charge in [-0.05, 0) is 29.6 Å². The number of carbonyl (C=O) groups excluding carboxylic acids is 2. The highest BCUT2D eigenvalue weighted by Gasteiger charge is 2.15. The van der Waals surface area contributed by atoms with Gasteiger partial charge in [0.15, 0.2) is 0 Å². The van der Waals surface area contributed by atoms with Gasteiger partial charge in [-0.25, -0.2) is 4.39 Å². The zero-order valence-corrected chi connectivity index (χ0v) is 10.5. The molecule has 19 heavy (non-hydrogen) atoms. The summed E-state index contributed by atoms with van der Waals surface area (Å²) in [7, 11) is 0. The number of hydrogen-bond donors (Lipinski definition) is 3. The summed E-state index contributed by atoms with van der Waals surface area (Å²) in [5.74, 6) is -1.69. The van der Waals surface area contributed by atoms with E-state index < -0.39 is 17.6 Å². The number of primary amides is 1. The predicted octanol–water partition coefficient (Wildman–Crippen LogP) is 1.82. The Labute approximate surface area is 112 Å². The summed E-state index contributed by atoms with van der Waals surface area (Å²) in [6.45, 7) is 0. The van der Waals surface area contributed by atoms with Crippen molar-refractivity contribution in [2.24, 2.45) is 5.73 Å². The zero-order valence-electron chi connectivity index (χ0n) is 9.64. The Kier molecular flexibility index (Phi) is 3.48. The van der Waals surface area contributed by atoms with E-state index in [1.54, 1.807) is 5.38 Å². The molecule has 2 aromatic rings. The van der Waals surface area contributed by atoms with Gasteiger partial charge >= 0.3 is 0 Å². The van der Waals surface area contributed by atoms with E-state index in [2.05, 4.69) is 5.32 Å². The fourth-order valence-electron chi connectivity index (χ4n) is 1.51. The Hall–Kier alpha value is -2.41. The third-order valence-corrected chi connectivity index (χ3v) is 3.25.